The van der Waals surface area contributed by atoms with Crippen molar-refractivity contribution in [2.45, 2.75) is 24.3 Å². The van der Waals surface area contributed by atoms with Gasteiger partial charge in [-0.15, -0.1) is 10.2 Å². The molecule has 4 rings (SSSR count). The monoisotopic (exact) mass is 403 g/mol. The highest BCUT2D eigenvalue weighted by atomic mass is 32.2. The van der Waals surface area contributed by atoms with E-state index in [4.69, 9.17) is 4.42 Å². The van der Waals surface area contributed by atoms with E-state index >= 15 is 0 Å². The normalized spacial score (nSPS) is 12.1. The van der Waals surface area contributed by atoms with Gasteiger partial charge in [0.1, 0.15) is 5.25 Å². The van der Waals surface area contributed by atoms with E-state index in [2.05, 4.69) is 10.2 Å². The Labute approximate surface area is 173 Å². The van der Waals surface area contributed by atoms with Crippen LogP contribution >= 0.6 is 11.8 Å². The Morgan fingerprint density at radius 2 is 1.62 bits per heavy atom. The maximum Gasteiger partial charge on any atom is 0.200 e. The molecule has 2 heterocycles. The van der Waals surface area contributed by atoms with Crippen LogP contribution in [0.5, 0.6) is 0 Å². The molecule has 0 aliphatic carbocycles. The van der Waals surface area contributed by atoms with Crippen LogP contribution in [0.1, 0.15) is 32.3 Å². The molecule has 5 nitrogen and oxygen atoms in total. The van der Waals surface area contributed by atoms with Gasteiger partial charge in [-0.3, -0.25) is 4.79 Å². The molecule has 0 bridgehead atoms. The van der Waals surface area contributed by atoms with Crippen molar-refractivity contribution in [2.24, 2.45) is 7.05 Å². The summed E-state index contributed by atoms with van der Waals surface area (Å²) in [5.41, 5.74) is 3.90. The van der Waals surface area contributed by atoms with E-state index in [-0.39, 0.29) is 5.78 Å². The predicted molar refractivity (Wildman–Crippen MR) is 114 cm³/mol. The molecule has 2 aromatic heterocycles. The molecule has 2 aromatic carbocycles. The predicted octanol–water partition coefficient (Wildman–Crippen LogP) is 5.41. The summed E-state index contributed by atoms with van der Waals surface area (Å²) in [6.45, 7) is 4.04. The van der Waals surface area contributed by atoms with E-state index in [1.54, 1.807) is 6.26 Å². The van der Waals surface area contributed by atoms with Gasteiger partial charge in [0.05, 0.1) is 6.26 Å². The van der Waals surface area contributed by atoms with Crippen LogP contribution in [0, 0.1) is 13.8 Å². The van der Waals surface area contributed by atoms with Gasteiger partial charge in [0.15, 0.2) is 22.5 Å². The number of carbonyl (C=O) groups is 1. The average Bonchev–Trinajstić information content (AvgIpc) is 3.37. The van der Waals surface area contributed by atoms with E-state index < -0.39 is 5.25 Å². The Morgan fingerprint density at radius 1 is 0.966 bits per heavy atom. The SMILES string of the molecule is Cc1ccc(C(=O)[C@@H](Sc2nnc(-c3ccco3)n2C)c2ccc(C)cc2)cc1. The Balaban J connectivity index is 1.70. The molecule has 0 aliphatic rings. The number of hydrogen-bond acceptors (Lipinski definition) is 5. The second-order valence-corrected chi connectivity index (χ2v) is 8.05. The fraction of sp³-hybridized carbons (Fsp3) is 0.174. The number of ketones is 1. The first-order valence-corrected chi connectivity index (χ1v) is 10.2. The van der Waals surface area contributed by atoms with Gasteiger partial charge in [-0.2, -0.15) is 0 Å². The number of furan rings is 1. The topological polar surface area (TPSA) is 60.9 Å². The van der Waals surface area contributed by atoms with Gasteiger partial charge in [0, 0.05) is 12.6 Å². The first-order chi connectivity index (χ1) is 14.0. The summed E-state index contributed by atoms with van der Waals surface area (Å²) >= 11 is 1.40. The second kappa shape index (κ2) is 8.09. The highest BCUT2D eigenvalue weighted by molar-refractivity contribution is 8.00. The van der Waals surface area contributed by atoms with Gasteiger partial charge in [-0.05, 0) is 31.5 Å². The van der Waals surface area contributed by atoms with E-state index in [9.17, 15) is 4.79 Å². The Morgan fingerprint density at radius 3 is 2.24 bits per heavy atom. The van der Waals surface area contributed by atoms with Gasteiger partial charge in [-0.25, -0.2) is 0 Å². The third kappa shape index (κ3) is 4.03. The molecular formula is C23H21N3O2S. The summed E-state index contributed by atoms with van der Waals surface area (Å²) in [6, 6.07) is 19.4. The number of hydrogen-bond donors (Lipinski definition) is 0. The fourth-order valence-electron chi connectivity index (χ4n) is 3.03. The smallest absolute Gasteiger partial charge is 0.200 e. The molecule has 6 heteroatoms. The van der Waals surface area contributed by atoms with Crippen LogP contribution in [-0.4, -0.2) is 20.5 Å². The van der Waals surface area contributed by atoms with Crippen LogP contribution in [-0.2, 0) is 7.05 Å². The van der Waals surface area contributed by atoms with Crippen molar-refractivity contribution in [3.8, 4) is 11.6 Å². The van der Waals surface area contributed by atoms with Gasteiger partial charge >= 0.3 is 0 Å². The van der Waals surface area contributed by atoms with Crippen LogP contribution in [0.3, 0.4) is 0 Å². The number of benzene rings is 2. The summed E-state index contributed by atoms with van der Waals surface area (Å²) in [5, 5.41) is 8.79. The lowest BCUT2D eigenvalue weighted by atomic mass is 10.0. The van der Waals surface area contributed by atoms with Crippen LogP contribution in [0.2, 0.25) is 0 Å². The quantitative estimate of drug-likeness (QED) is 0.318. The van der Waals surface area contributed by atoms with Crippen molar-refractivity contribution in [2.75, 3.05) is 0 Å². The number of aryl methyl sites for hydroxylation is 2. The van der Waals surface area contributed by atoms with Gasteiger partial charge in [-0.1, -0.05) is 71.4 Å². The minimum Gasteiger partial charge on any atom is -0.461 e. The fourth-order valence-corrected chi connectivity index (χ4v) is 4.11. The van der Waals surface area contributed by atoms with Gasteiger partial charge < -0.3 is 8.98 Å². The second-order valence-electron chi connectivity index (χ2n) is 6.98. The number of thioether (sulfide) groups is 1. The first kappa shape index (κ1) is 19.2. The van der Waals surface area contributed by atoms with Gasteiger partial charge in [0.2, 0.25) is 0 Å². The molecule has 0 amide bonds. The third-order valence-electron chi connectivity index (χ3n) is 4.75. The van der Waals surface area contributed by atoms with Crippen LogP contribution < -0.4 is 0 Å². The van der Waals surface area contributed by atoms with Crippen LogP contribution in [0.25, 0.3) is 11.6 Å². The molecule has 0 unspecified atom stereocenters. The first-order valence-electron chi connectivity index (χ1n) is 9.30. The van der Waals surface area contributed by atoms with Crippen molar-refractivity contribution in [1.82, 2.24) is 14.8 Å². The zero-order valence-corrected chi connectivity index (χ0v) is 17.3. The summed E-state index contributed by atoms with van der Waals surface area (Å²) in [7, 11) is 1.88. The molecule has 0 saturated carbocycles. The molecule has 4 aromatic rings. The maximum atomic E-state index is 13.4. The summed E-state index contributed by atoms with van der Waals surface area (Å²) in [5.74, 6) is 1.31. The molecule has 0 saturated heterocycles. The number of carbonyl (C=O) groups excluding carboxylic acids is 1. The van der Waals surface area contributed by atoms with E-state index in [1.165, 1.54) is 11.8 Å². The molecular weight excluding hydrogens is 382 g/mol. The molecule has 1 atom stereocenters. The summed E-state index contributed by atoms with van der Waals surface area (Å²) in [4.78, 5) is 13.4. The molecule has 29 heavy (non-hydrogen) atoms. The highest BCUT2D eigenvalue weighted by Gasteiger charge is 2.26. The lowest BCUT2D eigenvalue weighted by molar-refractivity contribution is 0.0989. The van der Waals surface area contributed by atoms with Crippen molar-refractivity contribution < 1.29 is 9.21 Å². The molecule has 0 N–H and O–H groups in total. The number of aromatic nitrogens is 3. The third-order valence-corrected chi connectivity index (χ3v) is 6.04. The molecule has 0 spiro atoms. The van der Waals surface area contributed by atoms with Crippen LogP contribution in [0.4, 0.5) is 0 Å². The Hall–Kier alpha value is -3.12. The minimum atomic E-state index is -0.425. The standard InChI is InChI=1S/C23H21N3O2S/c1-15-6-10-17(11-7-15)20(27)21(18-12-8-16(2)9-13-18)29-23-25-24-22(26(23)3)19-5-4-14-28-19/h4-14,21H,1-3H3/t21-/m0/s1. The zero-order valence-electron chi connectivity index (χ0n) is 16.5. The zero-order chi connectivity index (χ0) is 20.4. The number of nitrogens with zero attached hydrogens (tertiary/aromatic N) is 3. The van der Waals surface area contributed by atoms with E-state index in [1.807, 2.05) is 86.1 Å². The summed E-state index contributed by atoms with van der Waals surface area (Å²) < 4.78 is 7.30. The molecule has 0 fully saturated rings. The Kier molecular flexibility index (Phi) is 5.36. The van der Waals surface area contributed by atoms with Crippen molar-refractivity contribution in [3.63, 3.8) is 0 Å². The lowest BCUT2D eigenvalue weighted by Crippen LogP contribution is -2.11. The minimum absolute atomic E-state index is 0.0430. The maximum absolute atomic E-state index is 13.4. The van der Waals surface area contributed by atoms with Crippen molar-refractivity contribution in [3.05, 3.63) is 89.2 Å². The van der Waals surface area contributed by atoms with Crippen molar-refractivity contribution >= 4 is 17.5 Å². The molecule has 0 aliphatic heterocycles. The average molecular weight is 404 g/mol. The van der Waals surface area contributed by atoms with Crippen molar-refractivity contribution in [1.29, 1.82) is 0 Å². The van der Waals surface area contributed by atoms with E-state index in [0.717, 1.165) is 16.7 Å². The Bertz CT molecular complexity index is 1110. The van der Waals surface area contributed by atoms with Gasteiger partial charge in [0.25, 0.3) is 0 Å². The largest absolute Gasteiger partial charge is 0.461 e. The van der Waals surface area contributed by atoms with Crippen LogP contribution in [0.15, 0.2) is 76.5 Å². The lowest BCUT2D eigenvalue weighted by Gasteiger charge is -2.16. The molecule has 146 valence electrons. The molecule has 0 radical (unpaired) electrons. The van der Waals surface area contributed by atoms with E-state index in [0.29, 0.717) is 22.3 Å². The highest BCUT2D eigenvalue weighted by Crippen LogP contribution is 2.38. The number of rotatable bonds is 6. The summed E-state index contributed by atoms with van der Waals surface area (Å²) in [6.07, 6.45) is 1.60. The number of Topliss-reactive ketones (excluding diaryl/α,β-unsaturated/α-hetero) is 1.